The van der Waals surface area contributed by atoms with Crippen molar-refractivity contribution < 1.29 is 13.2 Å². The van der Waals surface area contributed by atoms with Crippen LogP contribution in [0.1, 0.15) is 16.7 Å². The van der Waals surface area contributed by atoms with Crippen LogP contribution in [-0.2, 0) is 6.18 Å². The zero-order chi connectivity index (χ0) is 17.3. The highest BCUT2D eigenvalue weighted by atomic mass is 19.4. The summed E-state index contributed by atoms with van der Waals surface area (Å²) in [5.41, 5.74) is 4.51. The van der Waals surface area contributed by atoms with Crippen LogP contribution in [0, 0.1) is 13.8 Å². The Bertz CT molecular complexity index is 848. The standard InChI is InChI=1S/C19H15F3N2/c1-12-4-3-5-13(2)18(12)17-10-16(23-11-24-17)14-6-8-15(9-7-14)19(20,21)22/h3-11H,1-2H3. The van der Waals surface area contributed by atoms with Gasteiger partial charge >= 0.3 is 6.18 Å². The lowest BCUT2D eigenvalue weighted by Gasteiger charge is -2.11. The van der Waals surface area contributed by atoms with Crippen LogP contribution in [0.4, 0.5) is 13.2 Å². The molecule has 0 unspecified atom stereocenters. The Labute approximate surface area is 138 Å². The van der Waals surface area contributed by atoms with Gasteiger partial charge in [0.1, 0.15) is 6.33 Å². The average molecular weight is 328 g/mol. The largest absolute Gasteiger partial charge is 0.416 e. The van der Waals surface area contributed by atoms with E-state index in [1.807, 2.05) is 32.0 Å². The fraction of sp³-hybridized carbons (Fsp3) is 0.158. The third-order valence-corrected chi connectivity index (χ3v) is 3.91. The molecule has 1 heterocycles. The summed E-state index contributed by atoms with van der Waals surface area (Å²) in [4.78, 5) is 8.52. The number of rotatable bonds is 2. The van der Waals surface area contributed by atoms with Crippen molar-refractivity contribution in [1.29, 1.82) is 0 Å². The fourth-order valence-corrected chi connectivity index (χ4v) is 2.70. The van der Waals surface area contributed by atoms with E-state index in [9.17, 15) is 13.2 Å². The molecule has 0 saturated carbocycles. The molecule has 3 rings (SSSR count). The first-order chi connectivity index (χ1) is 11.4. The Morgan fingerprint density at radius 2 is 1.38 bits per heavy atom. The van der Waals surface area contributed by atoms with Gasteiger partial charge in [-0.2, -0.15) is 13.2 Å². The molecule has 0 fully saturated rings. The second kappa shape index (κ2) is 6.07. The fourth-order valence-electron chi connectivity index (χ4n) is 2.70. The lowest BCUT2D eigenvalue weighted by molar-refractivity contribution is -0.137. The van der Waals surface area contributed by atoms with Crippen LogP contribution in [-0.4, -0.2) is 9.97 Å². The maximum Gasteiger partial charge on any atom is 0.416 e. The molecular formula is C19H15F3N2. The summed E-state index contributed by atoms with van der Waals surface area (Å²) in [6.07, 6.45) is -2.90. The molecule has 5 heteroatoms. The van der Waals surface area contributed by atoms with E-state index in [1.54, 1.807) is 6.07 Å². The molecule has 24 heavy (non-hydrogen) atoms. The molecule has 0 N–H and O–H groups in total. The minimum absolute atomic E-state index is 0.594. The van der Waals surface area contributed by atoms with Gasteiger partial charge in [-0.15, -0.1) is 0 Å². The van der Waals surface area contributed by atoms with E-state index in [1.165, 1.54) is 18.5 Å². The number of nitrogens with zero attached hydrogens (tertiary/aromatic N) is 2. The van der Waals surface area contributed by atoms with Crippen molar-refractivity contribution in [1.82, 2.24) is 9.97 Å². The molecule has 0 aliphatic carbocycles. The summed E-state index contributed by atoms with van der Waals surface area (Å²) >= 11 is 0. The second-order valence-corrected chi connectivity index (χ2v) is 5.63. The normalized spacial score (nSPS) is 11.5. The third-order valence-electron chi connectivity index (χ3n) is 3.91. The summed E-state index contributed by atoms with van der Waals surface area (Å²) in [6.45, 7) is 4.00. The number of aromatic nitrogens is 2. The molecule has 0 atom stereocenters. The van der Waals surface area contributed by atoms with E-state index in [-0.39, 0.29) is 0 Å². The minimum atomic E-state index is -4.34. The predicted molar refractivity (Wildman–Crippen MR) is 87.4 cm³/mol. The van der Waals surface area contributed by atoms with E-state index in [4.69, 9.17) is 0 Å². The molecule has 0 bridgehead atoms. The van der Waals surface area contributed by atoms with Gasteiger partial charge in [0.2, 0.25) is 0 Å². The van der Waals surface area contributed by atoms with Gasteiger partial charge in [0.05, 0.1) is 17.0 Å². The van der Waals surface area contributed by atoms with Crippen LogP contribution in [0.25, 0.3) is 22.5 Å². The highest BCUT2D eigenvalue weighted by Crippen LogP contribution is 2.32. The Kier molecular flexibility index (Phi) is 4.09. The van der Waals surface area contributed by atoms with E-state index >= 15 is 0 Å². The summed E-state index contributed by atoms with van der Waals surface area (Å²) in [5, 5.41) is 0. The molecule has 0 aliphatic heterocycles. The Hall–Kier alpha value is -2.69. The summed E-state index contributed by atoms with van der Waals surface area (Å²) in [7, 11) is 0. The Balaban J connectivity index is 2.02. The number of hydrogen-bond acceptors (Lipinski definition) is 2. The quantitative estimate of drug-likeness (QED) is 0.625. The summed E-state index contributed by atoms with van der Waals surface area (Å²) < 4.78 is 38.0. The van der Waals surface area contributed by atoms with Crippen LogP contribution in [0.3, 0.4) is 0 Å². The van der Waals surface area contributed by atoms with Crippen LogP contribution in [0.5, 0.6) is 0 Å². The van der Waals surface area contributed by atoms with Gasteiger partial charge in [0.15, 0.2) is 0 Å². The number of alkyl halides is 3. The molecule has 0 amide bonds. The first kappa shape index (κ1) is 16.2. The topological polar surface area (TPSA) is 25.8 Å². The first-order valence-electron chi connectivity index (χ1n) is 7.42. The molecule has 1 aromatic heterocycles. The van der Waals surface area contributed by atoms with Gasteiger partial charge in [-0.25, -0.2) is 9.97 Å². The van der Waals surface area contributed by atoms with Gasteiger partial charge in [-0.05, 0) is 43.2 Å². The van der Waals surface area contributed by atoms with Crippen molar-refractivity contribution in [3.05, 3.63) is 71.5 Å². The molecule has 0 spiro atoms. The van der Waals surface area contributed by atoms with Crippen LogP contribution in [0.2, 0.25) is 0 Å². The van der Waals surface area contributed by atoms with Crippen molar-refractivity contribution in [3.63, 3.8) is 0 Å². The van der Waals surface area contributed by atoms with Gasteiger partial charge in [-0.3, -0.25) is 0 Å². The number of hydrogen-bond donors (Lipinski definition) is 0. The molecule has 0 saturated heterocycles. The lowest BCUT2D eigenvalue weighted by Crippen LogP contribution is -2.04. The third kappa shape index (κ3) is 3.15. The monoisotopic (exact) mass is 328 g/mol. The van der Waals surface area contributed by atoms with Crippen molar-refractivity contribution >= 4 is 0 Å². The number of halogens is 3. The summed E-state index contributed by atoms with van der Waals surface area (Å²) in [5.74, 6) is 0. The van der Waals surface area contributed by atoms with E-state index in [2.05, 4.69) is 9.97 Å². The van der Waals surface area contributed by atoms with Crippen LogP contribution >= 0.6 is 0 Å². The average Bonchev–Trinajstić information content (AvgIpc) is 2.54. The molecular weight excluding hydrogens is 313 g/mol. The molecule has 0 radical (unpaired) electrons. The Morgan fingerprint density at radius 1 is 0.792 bits per heavy atom. The SMILES string of the molecule is Cc1cccc(C)c1-c1cc(-c2ccc(C(F)(F)F)cc2)ncn1. The van der Waals surface area contributed by atoms with E-state index in [0.29, 0.717) is 11.3 Å². The van der Waals surface area contributed by atoms with Crippen molar-refractivity contribution in [2.24, 2.45) is 0 Å². The predicted octanol–water partition coefficient (Wildman–Crippen LogP) is 5.45. The lowest BCUT2D eigenvalue weighted by atomic mass is 9.98. The second-order valence-electron chi connectivity index (χ2n) is 5.63. The van der Waals surface area contributed by atoms with Crippen molar-refractivity contribution in [2.75, 3.05) is 0 Å². The number of benzene rings is 2. The van der Waals surface area contributed by atoms with Gasteiger partial charge in [-0.1, -0.05) is 30.3 Å². The highest BCUT2D eigenvalue weighted by molar-refractivity contribution is 5.71. The van der Waals surface area contributed by atoms with E-state index in [0.717, 1.165) is 34.5 Å². The zero-order valence-electron chi connectivity index (χ0n) is 13.2. The first-order valence-corrected chi connectivity index (χ1v) is 7.42. The van der Waals surface area contributed by atoms with Gasteiger partial charge in [0, 0.05) is 11.1 Å². The molecule has 2 nitrogen and oxygen atoms in total. The van der Waals surface area contributed by atoms with Gasteiger partial charge < -0.3 is 0 Å². The molecule has 122 valence electrons. The minimum Gasteiger partial charge on any atom is -0.236 e. The highest BCUT2D eigenvalue weighted by Gasteiger charge is 2.30. The zero-order valence-corrected chi connectivity index (χ0v) is 13.2. The summed E-state index contributed by atoms with van der Waals surface area (Å²) in [6, 6.07) is 12.8. The van der Waals surface area contributed by atoms with Gasteiger partial charge in [0.25, 0.3) is 0 Å². The van der Waals surface area contributed by atoms with Crippen LogP contribution < -0.4 is 0 Å². The molecule has 2 aromatic carbocycles. The number of aryl methyl sites for hydroxylation is 2. The smallest absolute Gasteiger partial charge is 0.236 e. The maximum absolute atomic E-state index is 12.7. The van der Waals surface area contributed by atoms with Crippen LogP contribution in [0.15, 0.2) is 54.9 Å². The molecule has 0 aliphatic rings. The Morgan fingerprint density at radius 3 is 1.96 bits per heavy atom. The van der Waals surface area contributed by atoms with Crippen molar-refractivity contribution in [3.8, 4) is 22.5 Å². The molecule has 3 aromatic rings. The van der Waals surface area contributed by atoms with E-state index < -0.39 is 11.7 Å². The van der Waals surface area contributed by atoms with Crippen molar-refractivity contribution in [2.45, 2.75) is 20.0 Å². The maximum atomic E-state index is 12.7.